The molecule has 0 bridgehead atoms. The van der Waals surface area contributed by atoms with Gasteiger partial charge in [0.15, 0.2) is 5.78 Å². The minimum Gasteiger partial charge on any atom is -0.378 e. The van der Waals surface area contributed by atoms with E-state index >= 15 is 0 Å². The average Bonchev–Trinajstić information content (AvgIpc) is 2.34. The van der Waals surface area contributed by atoms with E-state index in [1.807, 2.05) is 13.0 Å². The number of carbonyl (C=O) groups is 2. The third kappa shape index (κ3) is 2.72. The maximum absolute atomic E-state index is 11.8. The lowest BCUT2D eigenvalue weighted by Gasteiger charge is -2.23. The van der Waals surface area contributed by atoms with E-state index in [2.05, 4.69) is 10.6 Å². The molecule has 1 amide bonds. The number of hydrogen-bond acceptors (Lipinski definition) is 3. The van der Waals surface area contributed by atoms with Crippen LogP contribution in [0.4, 0.5) is 0 Å². The summed E-state index contributed by atoms with van der Waals surface area (Å²) in [5.74, 6) is -0.397. The molecule has 1 atom stereocenters. The number of carbonyl (C=O) groups excluding carboxylic acids is 2. The van der Waals surface area contributed by atoms with Crippen LogP contribution in [0.25, 0.3) is 0 Å². The zero-order valence-corrected chi connectivity index (χ0v) is 9.57. The van der Waals surface area contributed by atoms with Gasteiger partial charge in [0.25, 0.3) is 5.91 Å². The summed E-state index contributed by atoms with van der Waals surface area (Å²) in [6.45, 7) is 2.54. The molecule has 2 N–H and O–H groups in total. The van der Waals surface area contributed by atoms with Gasteiger partial charge >= 0.3 is 0 Å². The molecule has 0 aliphatic carbocycles. The van der Waals surface area contributed by atoms with Crippen molar-refractivity contribution in [2.45, 2.75) is 13.0 Å². The van der Waals surface area contributed by atoms with E-state index < -0.39 is 0 Å². The highest BCUT2D eigenvalue weighted by Crippen LogP contribution is 2.05. The molecule has 2 rings (SSSR count). The number of allylic oxidation sites excluding steroid dienone is 1. The smallest absolute Gasteiger partial charge is 0.267 e. The quantitative estimate of drug-likeness (QED) is 0.585. The molecule has 17 heavy (non-hydrogen) atoms. The SMILES string of the molecule is C[C@@H]1CN/C(=C/C(=O)c2ccccc2)C(=O)N1. The second-order valence-electron chi connectivity index (χ2n) is 4.04. The molecule has 4 heteroatoms. The largest absolute Gasteiger partial charge is 0.378 e. The van der Waals surface area contributed by atoms with Crippen molar-refractivity contribution in [1.82, 2.24) is 10.6 Å². The molecule has 4 nitrogen and oxygen atoms in total. The van der Waals surface area contributed by atoms with Gasteiger partial charge in [-0.05, 0) is 6.92 Å². The molecule has 1 heterocycles. The molecule has 88 valence electrons. The third-order valence-corrected chi connectivity index (χ3v) is 2.55. The zero-order chi connectivity index (χ0) is 12.3. The Hall–Kier alpha value is -2.10. The fourth-order valence-corrected chi connectivity index (χ4v) is 1.63. The van der Waals surface area contributed by atoms with Crippen LogP contribution in [0.2, 0.25) is 0 Å². The van der Waals surface area contributed by atoms with E-state index in [1.165, 1.54) is 6.08 Å². The first kappa shape index (κ1) is 11.4. The fourth-order valence-electron chi connectivity index (χ4n) is 1.63. The summed E-state index contributed by atoms with van der Waals surface area (Å²) in [5.41, 5.74) is 0.908. The molecule has 1 aliphatic rings. The molecule has 0 radical (unpaired) electrons. The predicted octanol–water partition coefficient (Wildman–Crippen LogP) is 0.861. The monoisotopic (exact) mass is 230 g/mol. The molecule has 0 saturated carbocycles. The van der Waals surface area contributed by atoms with E-state index in [4.69, 9.17) is 0 Å². The fraction of sp³-hybridized carbons (Fsp3) is 0.231. The van der Waals surface area contributed by atoms with Gasteiger partial charge in [-0.25, -0.2) is 0 Å². The maximum atomic E-state index is 11.8. The number of piperazine rings is 1. The molecule has 1 saturated heterocycles. The number of hydrogen-bond donors (Lipinski definition) is 2. The predicted molar refractivity (Wildman–Crippen MR) is 64.5 cm³/mol. The van der Waals surface area contributed by atoms with Crippen LogP contribution in [-0.4, -0.2) is 24.3 Å². The Labute approximate surface area is 99.7 Å². The highest BCUT2D eigenvalue weighted by atomic mass is 16.2. The average molecular weight is 230 g/mol. The van der Waals surface area contributed by atoms with Crippen LogP contribution in [0.5, 0.6) is 0 Å². The van der Waals surface area contributed by atoms with Crippen LogP contribution in [0.15, 0.2) is 42.1 Å². The van der Waals surface area contributed by atoms with Gasteiger partial charge in [0.05, 0.1) is 0 Å². The molecule has 1 aliphatic heterocycles. The summed E-state index contributed by atoms with van der Waals surface area (Å²) in [6, 6.07) is 8.97. The van der Waals surface area contributed by atoms with Crippen LogP contribution in [0, 0.1) is 0 Å². The van der Waals surface area contributed by atoms with Crippen molar-refractivity contribution in [3.8, 4) is 0 Å². The zero-order valence-electron chi connectivity index (χ0n) is 9.57. The van der Waals surface area contributed by atoms with E-state index in [-0.39, 0.29) is 17.7 Å². The van der Waals surface area contributed by atoms with Gasteiger partial charge in [0.2, 0.25) is 0 Å². The molecule has 1 fully saturated rings. The first-order valence-corrected chi connectivity index (χ1v) is 5.52. The van der Waals surface area contributed by atoms with E-state index in [0.29, 0.717) is 17.8 Å². The lowest BCUT2D eigenvalue weighted by Crippen LogP contribution is -2.49. The molecule has 0 spiro atoms. The number of amides is 1. The van der Waals surface area contributed by atoms with Gasteiger partial charge in [-0.1, -0.05) is 30.3 Å². The number of rotatable bonds is 2. The van der Waals surface area contributed by atoms with Gasteiger partial charge in [-0.15, -0.1) is 0 Å². The van der Waals surface area contributed by atoms with Crippen molar-refractivity contribution in [3.05, 3.63) is 47.7 Å². The Morgan fingerprint density at radius 2 is 2.06 bits per heavy atom. The van der Waals surface area contributed by atoms with Crippen LogP contribution in [-0.2, 0) is 4.79 Å². The van der Waals surface area contributed by atoms with Crippen molar-refractivity contribution in [1.29, 1.82) is 0 Å². The Kier molecular flexibility index (Phi) is 3.23. The van der Waals surface area contributed by atoms with Gasteiger partial charge in [-0.2, -0.15) is 0 Å². The minimum absolute atomic E-state index is 0.0893. The summed E-state index contributed by atoms with van der Waals surface area (Å²) >= 11 is 0. The van der Waals surface area contributed by atoms with Crippen molar-refractivity contribution < 1.29 is 9.59 Å². The third-order valence-electron chi connectivity index (χ3n) is 2.55. The summed E-state index contributed by atoms with van der Waals surface area (Å²) in [4.78, 5) is 23.4. The second kappa shape index (κ2) is 4.82. The molecule has 0 aromatic heterocycles. The molecule has 1 aromatic rings. The summed E-state index contributed by atoms with van der Waals surface area (Å²) < 4.78 is 0. The summed E-state index contributed by atoms with van der Waals surface area (Å²) in [5, 5.41) is 5.71. The minimum atomic E-state index is -0.229. The maximum Gasteiger partial charge on any atom is 0.267 e. The van der Waals surface area contributed by atoms with Crippen molar-refractivity contribution in [2.75, 3.05) is 6.54 Å². The lowest BCUT2D eigenvalue weighted by atomic mass is 10.1. The van der Waals surface area contributed by atoms with Crippen LogP contribution in [0.1, 0.15) is 17.3 Å². The standard InChI is InChI=1S/C13H14N2O2/c1-9-8-14-11(13(17)15-9)7-12(16)10-5-3-2-4-6-10/h2-7,9,14H,8H2,1H3,(H,15,17)/b11-7+/t9-/m1/s1. The highest BCUT2D eigenvalue weighted by Gasteiger charge is 2.19. The molecular weight excluding hydrogens is 216 g/mol. The molecule has 0 unspecified atom stereocenters. The molecule has 1 aromatic carbocycles. The van der Waals surface area contributed by atoms with Gasteiger partial charge in [0, 0.05) is 24.2 Å². The van der Waals surface area contributed by atoms with Gasteiger partial charge in [-0.3, -0.25) is 9.59 Å². The summed E-state index contributed by atoms with van der Waals surface area (Å²) in [7, 11) is 0. The Bertz CT molecular complexity index is 466. The number of nitrogens with one attached hydrogen (secondary N) is 2. The Balaban J connectivity index is 2.15. The second-order valence-corrected chi connectivity index (χ2v) is 4.04. The van der Waals surface area contributed by atoms with E-state index in [9.17, 15) is 9.59 Å². The van der Waals surface area contributed by atoms with Crippen molar-refractivity contribution in [2.24, 2.45) is 0 Å². The van der Waals surface area contributed by atoms with Crippen LogP contribution >= 0.6 is 0 Å². The van der Waals surface area contributed by atoms with Crippen LogP contribution in [0.3, 0.4) is 0 Å². The van der Waals surface area contributed by atoms with E-state index in [1.54, 1.807) is 24.3 Å². The normalized spacial score (nSPS) is 21.8. The van der Waals surface area contributed by atoms with Crippen molar-refractivity contribution in [3.63, 3.8) is 0 Å². The van der Waals surface area contributed by atoms with Crippen LogP contribution < -0.4 is 10.6 Å². The van der Waals surface area contributed by atoms with E-state index in [0.717, 1.165) is 0 Å². The van der Waals surface area contributed by atoms with Gasteiger partial charge < -0.3 is 10.6 Å². The number of ketones is 1. The highest BCUT2D eigenvalue weighted by molar-refractivity contribution is 6.09. The Morgan fingerprint density at radius 1 is 1.35 bits per heavy atom. The topological polar surface area (TPSA) is 58.2 Å². The first-order valence-electron chi connectivity index (χ1n) is 5.52. The number of benzene rings is 1. The molecular formula is C13H14N2O2. The van der Waals surface area contributed by atoms with Gasteiger partial charge in [0.1, 0.15) is 5.70 Å². The summed E-state index contributed by atoms with van der Waals surface area (Å²) in [6.07, 6.45) is 1.34. The van der Waals surface area contributed by atoms with Crippen molar-refractivity contribution >= 4 is 11.7 Å². The Morgan fingerprint density at radius 3 is 2.71 bits per heavy atom. The first-order chi connectivity index (χ1) is 8.16. The lowest BCUT2D eigenvalue weighted by molar-refractivity contribution is -0.119.